The number of hydrogen-bond donors (Lipinski definition) is 0. The standard InChI is InChI=1S/C7H13N5O4/c1-4-15-6(13)8-10-12(3)11-9-7(14)16-5-2/h4-5H2,1-3H3/b10-8+,11-9+. The maximum Gasteiger partial charge on any atom is 0.453 e. The molecule has 0 heterocycles. The van der Waals surface area contributed by atoms with Gasteiger partial charge in [0.25, 0.3) is 0 Å². The number of carbonyl (C=O) groups excluding carboxylic acids is 2. The van der Waals surface area contributed by atoms with E-state index in [2.05, 4.69) is 30.1 Å². The third kappa shape index (κ3) is 7.35. The molecule has 0 aromatic carbocycles. The van der Waals surface area contributed by atoms with Crippen LogP contribution in [-0.2, 0) is 9.47 Å². The van der Waals surface area contributed by atoms with E-state index in [1.165, 1.54) is 7.05 Å². The highest BCUT2D eigenvalue weighted by Crippen LogP contribution is 1.93. The highest BCUT2D eigenvalue weighted by molar-refractivity contribution is 5.67. The highest BCUT2D eigenvalue weighted by atomic mass is 16.6. The van der Waals surface area contributed by atoms with Crippen molar-refractivity contribution in [1.29, 1.82) is 0 Å². The number of carbonyl (C=O) groups is 2. The Morgan fingerprint density at radius 2 is 1.38 bits per heavy atom. The summed E-state index contributed by atoms with van der Waals surface area (Å²) in [4.78, 5) is 21.4. The van der Waals surface area contributed by atoms with Gasteiger partial charge in [-0.05, 0) is 24.3 Å². The Bertz CT molecular complexity index is 263. The van der Waals surface area contributed by atoms with E-state index in [1.54, 1.807) is 13.8 Å². The molecule has 0 unspecified atom stereocenters. The Morgan fingerprint density at radius 3 is 1.69 bits per heavy atom. The summed E-state index contributed by atoms with van der Waals surface area (Å²) in [6.45, 7) is 3.67. The van der Waals surface area contributed by atoms with Crippen LogP contribution >= 0.6 is 0 Å². The fourth-order valence-corrected chi connectivity index (χ4v) is 0.525. The lowest BCUT2D eigenvalue weighted by atomic mass is 10.9. The summed E-state index contributed by atoms with van der Waals surface area (Å²) in [5.41, 5.74) is 0. The van der Waals surface area contributed by atoms with E-state index in [0.29, 0.717) is 0 Å². The molecular weight excluding hydrogens is 218 g/mol. The van der Waals surface area contributed by atoms with Gasteiger partial charge in [0.2, 0.25) is 0 Å². The SMILES string of the molecule is CCOC(=O)/N=N/N(C)/N=N/C(=O)OCC. The van der Waals surface area contributed by atoms with Crippen LogP contribution in [0.3, 0.4) is 0 Å². The molecule has 0 aliphatic carbocycles. The largest absolute Gasteiger partial charge is 0.453 e. The minimum atomic E-state index is -0.847. The van der Waals surface area contributed by atoms with Gasteiger partial charge in [0.1, 0.15) is 0 Å². The van der Waals surface area contributed by atoms with Gasteiger partial charge < -0.3 is 9.47 Å². The molecule has 9 nitrogen and oxygen atoms in total. The Morgan fingerprint density at radius 1 is 1.00 bits per heavy atom. The van der Waals surface area contributed by atoms with Crippen LogP contribution in [0.1, 0.15) is 13.8 Å². The summed E-state index contributed by atoms with van der Waals surface area (Å²) in [6, 6.07) is 0. The number of rotatable bonds is 4. The van der Waals surface area contributed by atoms with Crippen LogP contribution in [0.4, 0.5) is 9.59 Å². The Hall–Kier alpha value is -2.06. The fourth-order valence-electron chi connectivity index (χ4n) is 0.525. The number of ether oxygens (including phenoxy) is 2. The van der Waals surface area contributed by atoms with Crippen molar-refractivity contribution in [2.75, 3.05) is 20.3 Å². The van der Waals surface area contributed by atoms with E-state index in [1.807, 2.05) is 0 Å². The zero-order valence-corrected chi connectivity index (χ0v) is 9.28. The number of nitrogens with zero attached hydrogens (tertiary/aromatic N) is 5. The molecule has 0 spiro atoms. The van der Waals surface area contributed by atoms with E-state index in [9.17, 15) is 9.59 Å². The smallest absolute Gasteiger partial charge is 0.447 e. The van der Waals surface area contributed by atoms with Gasteiger partial charge in [-0.15, -0.1) is 5.12 Å². The molecule has 0 aliphatic heterocycles. The number of hydrogen-bond acceptors (Lipinski definition) is 6. The maximum absolute atomic E-state index is 10.7. The molecule has 0 bridgehead atoms. The van der Waals surface area contributed by atoms with Crippen LogP contribution in [0.2, 0.25) is 0 Å². The highest BCUT2D eigenvalue weighted by Gasteiger charge is 1.99. The first-order chi connectivity index (χ1) is 7.60. The van der Waals surface area contributed by atoms with Crippen LogP contribution in [0.5, 0.6) is 0 Å². The monoisotopic (exact) mass is 231 g/mol. The molecule has 0 fully saturated rings. The van der Waals surface area contributed by atoms with Gasteiger partial charge in [-0.2, -0.15) is 0 Å². The summed E-state index contributed by atoms with van der Waals surface area (Å²) in [5.74, 6) is 0. The molecule has 0 aromatic heterocycles. The molecule has 0 N–H and O–H groups in total. The van der Waals surface area contributed by atoms with E-state index in [0.717, 1.165) is 5.12 Å². The normalized spacial score (nSPS) is 10.7. The van der Waals surface area contributed by atoms with Crippen LogP contribution in [0, 0.1) is 0 Å². The Kier molecular flexibility index (Phi) is 7.20. The Labute approximate surface area is 92.1 Å². The topological polar surface area (TPSA) is 105 Å². The van der Waals surface area contributed by atoms with Crippen LogP contribution in [0.15, 0.2) is 20.7 Å². The van der Waals surface area contributed by atoms with Gasteiger partial charge in [0.05, 0.1) is 20.3 Å². The van der Waals surface area contributed by atoms with Crippen molar-refractivity contribution in [3.63, 3.8) is 0 Å². The van der Waals surface area contributed by atoms with Crippen molar-refractivity contribution >= 4 is 12.2 Å². The molecule has 0 aromatic rings. The molecule has 90 valence electrons. The van der Waals surface area contributed by atoms with Crippen LogP contribution in [0.25, 0.3) is 0 Å². The molecule has 16 heavy (non-hydrogen) atoms. The third-order valence-electron chi connectivity index (χ3n) is 1.05. The second kappa shape index (κ2) is 8.26. The summed E-state index contributed by atoms with van der Waals surface area (Å²) >= 11 is 0. The Balaban J connectivity index is 4.02. The molecular formula is C7H13N5O4. The molecule has 0 rings (SSSR count). The van der Waals surface area contributed by atoms with Crippen molar-refractivity contribution in [1.82, 2.24) is 5.12 Å². The second-order valence-electron chi connectivity index (χ2n) is 2.27. The third-order valence-corrected chi connectivity index (χ3v) is 1.05. The minimum absolute atomic E-state index is 0.200. The zero-order valence-electron chi connectivity index (χ0n) is 9.28. The molecule has 0 saturated heterocycles. The first-order valence-corrected chi connectivity index (χ1v) is 4.50. The van der Waals surface area contributed by atoms with Gasteiger partial charge in [-0.25, -0.2) is 9.59 Å². The van der Waals surface area contributed by atoms with Crippen molar-refractivity contribution < 1.29 is 19.1 Å². The van der Waals surface area contributed by atoms with Crippen molar-refractivity contribution in [3.8, 4) is 0 Å². The molecule has 9 heteroatoms. The summed E-state index contributed by atoms with van der Waals surface area (Å²) < 4.78 is 8.93. The van der Waals surface area contributed by atoms with Gasteiger partial charge in [0, 0.05) is 0 Å². The van der Waals surface area contributed by atoms with E-state index in [4.69, 9.17) is 0 Å². The first-order valence-electron chi connectivity index (χ1n) is 4.50. The summed E-state index contributed by atoms with van der Waals surface area (Å²) in [7, 11) is 1.34. The lowest BCUT2D eigenvalue weighted by Crippen LogP contribution is -2.04. The van der Waals surface area contributed by atoms with E-state index < -0.39 is 12.2 Å². The van der Waals surface area contributed by atoms with Crippen molar-refractivity contribution in [3.05, 3.63) is 0 Å². The van der Waals surface area contributed by atoms with E-state index in [-0.39, 0.29) is 13.2 Å². The summed E-state index contributed by atoms with van der Waals surface area (Å²) in [5, 5.41) is 13.7. The molecule has 0 saturated carbocycles. The van der Waals surface area contributed by atoms with Gasteiger partial charge >= 0.3 is 12.2 Å². The van der Waals surface area contributed by atoms with Gasteiger partial charge in [0.15, 0.2) is 0 Å². The molecule has 2 amide bonds. The molecule has 0 atom stereocenters. The first kappa shape index (κ1) is 13.9. The summed E-state index contributed by atoms with van der Waals surface area (Å²) in [6.07, 6.45) is -1.69. The van der Waals surface area contributed by atoms with Crippen LogP contribution < -0.4 is 0 Å². The molecule has 0 aliphatic rings. The fraction of sp³-hybridized carbons (Fsp3) is 0.714. The quantitative estimate of drug-likeness (QED) is 0.543. The number of amides is 2. The second-order valence-corrected chi connectivity index (χ2v) is 2.27. The zero-order chi connectivity index (χ0) is 12.4. The lowest BCUT2D eigenvalue weighted by Gasteiger charge is -2.00. The average molecular weight is 231 g/mol. The lowest BCUT2D eigenvalue weighted by molar-refractivity contribution is 0.154. The maximum atomic E-state index is 10.7. The average Bonchev–Trinajstić information content (AvgIpc) is 2.24. The van der Waals surface area contributed by atoms with Gasteiger partial charge in [-0.3, -0.25) is 0 Å². The van der Waals surface area contributed by atoms with E-state index >= 15 is 0 Å². The minimum Gasteiger partial charge on any atom is -0.447 e. The van der Waals surface area contributed by atoms with Crippen LogP contribution in [-0.4, -0.2) is 37.6 Å². The predicted molar refractivity (Wildman–Crippen MR) is 51.5 cm³/mol. The van der Waals surface area contributed by atoms with Gasteiger partial charge in [-0.1, -0.05) is 10.2 Å². The van der Waals surface area contributed by atoms with Crippen molar-refractivity contribution in [2.45, 2.75) is 13.8 Å². The molecule has 0 radical (unpaired) electrons. The predicted octanol–water partition coefficient (Wildman–Crippen LogP) is 1.97. The van der Waals surface area contributed by atoms with Crippen molar-refractivity contribution in [2.24, 2.45) is 20.7 Å².